The van der Waals surface area contributed by atoms with E-state index in [1.165, 1.54) is 11.8 Å². The maximum atomic E-state index is 13.9. The average molecular weight is 669 g/mol. The summed E-state index contributed by atoms with van der Waals surface area (Å²) in [6.45, 7) is 0.0791. The zero-order valence-corrected chi connectivity index (χ0v) is 27.6. The molecule has 13 heteroatoms. The molecule has 5 aromatic rings. The lowest BCUT2D eigenvalue weighted by atomic mass is 10.0. The third-order valence-corrected chi connectivity index (χ3v) is 9.39. The number of hydrogen-bond donors (Lipinski definition) is 1. The first-order valence-electron chi connectivity index (χ1n) is 14.7. The SMILES string of the molecule is COc1ccc([C@H]2CC(c3cccs3)=NN2C(=O)CSc2nnc(CNC(=O)c3cccc(OC)c3)n2-c2ccccc2OC)cc1. The number of nitrogens with one attached hydrogen (secondary N) is 1. The number of hydrazone groups is 1. The zero-order valence-electron chi connectivity index (χ0n) is 26.0. The number of carbonyl (C=O) groups is 2. The molecule has 1 N–H and O–H groups in total. The largest absolute Gasteiger partial charge is 0.497 e. The fourth-order valence-electron chi connectivity index (χ4n) is 5.20. The van der Waals surface area contributed by atoms with Gasteiger partial charge in [-0.2, -0.15) is 5.10 Å². The number of amides is 2. The molecule has 3 aromatic carbocycles. The molecule has 0 unspecified atom stereocenters. The number of benzene rings is 3. The lowest BCUT2D eigenvalue weighted by Gasteiger charge is -2.22. The zero-order chi connectivity index (χ0) is 32.8. The number of nitrogens with zero attached hydrogens (tertiary/aromatic N) is 5. The van der Waals surface area contributed by atoms with Gasteiger partial charge >= 0.3 is 0 Å². The third-order valence-electron chi connectivity index (χ3n) is 7.56. The minimum Gasteiger partial charge on any atom is -0.497 e. The summed E-state index contributed by atoms with van der Waals surface area (Å²) >= 11 is 2.84. The summed E-state index contributed by atoms with van der Waals surface area (Å²) in [4.78, 5) is 27.9. The summed E-state index contributed by atoms with van der Waals surface area (Å²) in [5.41, 5.74) is 2.96. The summed E-state index contributed by atoms with van der Waals surface area (Å²) < 4.78 is 18.0. The van der Waals surface area contributed by atoms with Crippen molar-refractivity contribution in [1.82, 2.24) is 25.1 Å². The Morgan fingerprint density at radius 3 is 2.47 bits per heavy atom. The monoisotopic (exact) mass is 668 g/mol. The van der Waals surface area contributed by atoms with Gasteiger partial charge in [0, 0.05) is 12.0 Å². The van der Waals surface area contributed by atoms with Gasteiger partial charge in [-0.3, -0.25) is 14.2 Å². The Balaban J connectivity index is 1.25. The Morgan fingerprint density at radius 2 is 1.72 bits per heavy atom. The maximum absolute atomic E-state index is 13.9. The number of ether oxygens (including phenoxy) is 3. The van der Waals surface area contributed by atoms with Crippen molar-refractivity contribution < 1.29 is 23.8 Å². The number of thioether (sulfide) groups is 1. The Kier molecular flexibility index (Phi) is 9.83. The molecule has 240 valence electrons. The molecule has 6 rings (SSSR count). The molecule has 0 fully saturated rings. The topological polar surface area (TPSA) is 120 Å². The van der Waals surface area contributed by atoms with Crippen molar-refractivity contribution >= 4 is 40.6 Å². The Hall–Kier alpha value is -5.14. The summed E-state index contributed by atoms with van der Waals surface area (Å²) in [5, 5.41) is 20.6. The molecule has 2 amide bonds. The average Bonchev–Trinajstić information content (AvgIpc) is 3.90. The highest BCUT2D eigenvalue weighted by Crippen LogP contribution is 2.36. The quantitative estimate of drug-likeness (QED) is 0.167. The molecule has 47 heavy (non-hydrogen) atoms. The van der Waals surface area contributed by atoms with E-state index in [0.29, 0.717) is 40.2 Å². The second-order valence-electron chi connectivity index (χ2n) is 10.4. The molecule has 0 radical (unpaired) electrons. The predicted octanol–water partition coefficient (Wildman–Crippen LogP) is 5.75. The standard InChI is InChI=1S/C34H32N6O5S2/c1-43-24-15-13-22(14-16-24)28-19-26(30-12-7-17-46-30)38-40(28)32(41)21-47-34-37-36-31(39(34)27-10-4-5-11-29(27)45-3)20-35-33(42)23-8-6-9-25(18-23)44-2/h4-18,28H,19-21H2,1-3H3,(H,35,42)/t28-/m1/s1. The maximum Gasteiger partial charge on any atom is 0.253 e. The number of aromatic nitrogens is 3. The van der Waals surface area contributed by atoms with E-state index in [1.807, 2.05) is 66.0 Å². The molecule has 11 nitrogen and oxygen atoms in total. The van der Waals surface area contributed by atoms with E-state index < -0.39 is 0 Å². The lowest BCUT2D eigenvalue weighted by molar-refractivity contribution is -0.130. The second kappa shape index (κ2) is 14.5. The molecule has 0 saturated heterocycles. The molecule has 1 aliphatic heterocycles. The number of rotatable bonds is 12. The number of carbonyl (C=O) groups excluding carboxylic acids is 2. The third kappa shape index (κ3) is 7.00. The van der Waals surface area contributed by atoms with Crippen molar-refractivity contribution in [3.63, 3.8) is 0 Å². The van der Waals surface area contributed by atoms with Crippen LogP contribution >= 0.6 is 23.1 Å². The minimum absolute atomic E-state index is 0.0529. The molecule has 0 spiro atoms. The molecule has 0 bridgehead atoms. The summed E-state index contributed by atoms with van der Waals surface area (Å²) in [6, 6.07) is 25.8. The van der Waals surface area contributed by atoms with Crippen LogP contribution < -0.4 is 19.5 Å². The summed E-state index contributed by atoms with van der Waals surface area (Å²) in [7, 11) is 4.76. The van der Waals surface area contributed by atoms with Gasteiger partial charge in [-0.25, -0.2) is 5.01 Å². The highest BCUT2D eigenvalue weighted by atomic mass is 32.2. The first-order valence-corrected chi connectivity index (χ1v) is 16.6. The molecular weight excluding hydrogens is 637 g/mol. The molecule has 1 atom stereocenters. The van der Waals surface area contributed by atoms with E-state index in [2.05, 4.69) is 15.5 Å². The van der Waals surface area contributed by atoms with Gasteiger partial charge in [-0.15, -0.1) is 21.5 Å². The van der Waals surface area contributed by atoms with Crippen molar-refractivity contribution in [1.29, 1.82) is 0 Å². The van der Waals surface area contributed by atoms with Gasteiger partial charge in [0.1, 0.15) is 17.2 Å². The van der Waals surface area contributed by atoms with Gasteiger partial charge in [0.05, 0.1) is 55.9 Å². The Bertz CT molecular complexity index is 1890. The van der Waals surface area contributed by atoms with Gasteiger partial charge in [0.2, 0.25) is 0 Å². The predicted molar refractivity (Wildman–Crippen MR) is 181 cm³/mol. The van der Waals surface area contributed by atoms with Crippen LogP contribution in [0.25, 0.3) is 5.69 Å². The first-order chi connectivity index (χ1) is 23.0. The van der Waals surface area contributed by atoms with E-state index >= 15 is 0 Å². The van der Waals surface area contributed by atoms with Gasteiger partial charge in [0.25, 0.3) is 11.8 Å². The van der Waals surface area contributed by atoms with Crippen LogP contribution in [0.2, 0.25) is 0 Å². The van der Waals surface area contributed by atoms with E-state index in [9.17, 15) is 9.59 Å². The van der Waals surface area contributed by atoms with E-state index in [1.54, 1.807) is 66.5 Å². The van der Waals surface area contributed by atoms with Crippen molar-refractivity contribution in [2.45, 2.75) is 24.2 Å². The number of hydrogen-bond acceptors (Lipinski definition) is 10. The molecule has 3 heterocycles. The van der Waals surface area contributed by atoms with Gasteiger partial charge < -0.3 is 19.5 Å². The molecule has 2 aromatic heterocycles. The summed E-state index contributed by atoms with van der Waals surface area (Å²) in [5.74, 6) is 1.96. The Morgan fingerprint density at radius 1 is 0.915 bits per heavy atom. The first kappa shape index (κ1) is 31.8. The normalized spacial score (nSPS) is 14.1. The van der Waals surface area contributed by atoms with E-state index in [-0.39, 0.29) is 30.2 Å². The number of thiophene rings is 1. The van der Waals surface area contributed by atoms with Crippen LogP contribution in [0.1, 0.15) is 39.1 Å². The molecule has 1 aliphatic rings. The van der Waals surface area contributed by atoms with Gasteiger partial charge in [-0.1, -0.05) is 48.2 Å². The fraction of sp³-hybridized carbons (Fsp3) is 0.206. The van der Waals surface area contributed by atoms with Crippen LogP contribution in [0.4, 0.5) is 0 Å². The smallest absolute Gasteiger partial charge is 0.253 e. The van der Waals surface area contributed by atoms with E-state index in [4.69, 9.17) is 19.3 Å². The van der Waals surface area contributed by atoms with Crippen molar-refractivity contribution in [3.8, 4) is 22.9 Å². The Labute approximate surface area is 280 Å². The molecular formula is C34H32N6O5S2. The minimum atomic E-state index is -0.291. The summed E-state index contributed by atoms with van der Waals surface area (Å²) in [6.07, 6.45) is 0.595. The van der Waals surface area contributed by atoms with Gasteiger partial charge in [0.15, 0.2) is 11.0 Å². The van der Waals surface area contributed by atoms with Crippen LogP contribution in [0, 0.1) is 0 Å². The van der Waals surface area contributed by atoms with Crippen LogP contribution in [0.3, 0.4) is 0 Å². The van der Waals surface area contributed by atoms with Crippen LogP contribution in [-0.2, 0) is 11.3 Å². The van der Waals surface area contributed by atoms with E-state index in [0.717, 1.165) is 21.9 Å². The van der Waals surface area contributed by atoms with Crippen LogP contribution in [0.5, 0.6) is 17.2 Å². The fourth-order valence-corrected chi connectivity index (χ4v) is 6.74. The lowest BCUT2D eigenvalue weighted by Crippen LogP contribution is -2.28. The van der Waals surface area contributed by atoms with Crippen molar-refractivity contribution in [2.24, 2.45) is 5.10 Å². The highest BCUT2D eigenvalue weighted by molar-refractivity contribution is 7.99. The van der Waals surface area contributed by atoms with Crippen molar-refractivity contribution in [3.05, 3.63) is 112 Å². The number of para-hydroxylation sites is 2. The molecule has 0 aliphatic carbocycles. The van der Waals surface area contributed by atoms with Crippen molar-refractivity contribution in [2.75, 3.05) is 27.1 Å². The second-order valence-corrected chi connectivity index (χ2v) is 12.3. The number of methoxy groups -OCH3 is 3. The van der Waals surface area contributed by atoms with Gasteiger partial charge in [-0.05, 0) is 59.5 Å². The van der Waals surface area contributed by atoms with Crippen LogP contribution in [-0.4, -0.2) is 64.4 Å². The molecule has 0 saturated carbocycles. The highest BCUT2D eigenvalue weighted by Gasteiger charge is 2.34. The van der Waals surface area contributed by atoms with Crippen LogP contribution in [0.15, 0.2) is 101 Å².